The molecule has 1 aromatic heterocycles. The highest BCUT2D eigenvalue weighted by molar-refractivity contribution is 6.30. The molecular formula is C13H9ClF3NO2. The Bertz CT molecular complexity index is 605. The third-order valence-corrected chi connectivity index (χ3v) is 2.94. The highest BCUT2D eigenvalue weighted by atomic mass is 35.5. The molecule has 0 bridgehead atoms. The molecule has 0 saturated heterocycles. The van der Waals surface area contributed by atoms with Gasteiger partial charge < -0.3 is 9.30 Å². The summed E-state index contributed by atoms with van der Waals surface area (Å²) in [6.45, 7) is -0.354. The Balaban J connectivity index is 2.49. The average molecular weight is 304 g/mol. The minimum Gasteiger partial charge on any atom is -0.461 e. The molecule has 0 N–H and O–H groups in total. The van der Waals surface area contributed by atoms with Crippen LogP contribution in [-0.4, -0.2) is 11.0 Å². The Kier molecular flexibility index (Phi) is 4.04. The van der Waals surface area contributed by atoms with Crippen LogP contribution in [0.15, 0.2) is 36.5 Å². The first kappa shape index (κ1) is 14.5. The van der Waals surface area contributed by atoms with Gasteiger partial charge in [-0.15, -0.1) is 0 Å². The largest absolute Gasteiger partial charge is 0.461 e. The van der Waals surface area contributed by atoms with Gasteiger partial charge in [0.1, 0.15) is 6.61 Å². The smallest absolute Gasteiger partial charge is 0.418 e. The van der Waals surface area contributed by atoms with E-state index in [9.17, 15) is 18.0 Å². The number of benzene rings is 1. The Hall–Kier alpha value is -1.95. The number of carbonyl (C=O) groups is 1. The van der Waals surface area contributed by atoms with E-state index in [0.717, 1.165) is 6.07 Å². The average Bonchev–Trinajstić information content (AvgIpc) is 2.81. The molecule has 0 atom stereocenters. The molecule has 0 spiro atoms. The third kappa shape index (κ3) is 2.96. The van der Waals surface area contributed by atoms with Crippen LogP contribution in [-0.2, 0) is 22.3 Å². The maximum absolute atomic E-state index is 12.9. The molecule has 20 heavy (non-hydrogen) atoms. The molecule has 0 aliphatic carbocycles. The number of hydrogen-bond acceptors (Lipinski definition) is 2. The fourth-order valence-corrected chi connectivity index (χ4v) is 1.95. The summed E-state index contributed by atoms with van der Waals surface area (Å²) in [5, 5.41) is 0.475. The molecule has 7 heteroatoms. The lowest BCUT2D eigenvalue weighted by Gasteiger charge is -2.12. The summed E-state index contributed by atoms with van der Waals surface area (Å²) in [5.74, 6) is 0. The van der Waals surface area contributed by atoms with E-state index in [-0.39, 0.29) is 12.2 Å². The highest BCUT2D eigenvalue weighted by Gasteiger charge is 2.35. The molecule has 2 aromatic rings. The summed E-state index contributed by atoms with van der Waals surface area (Å²) >= 11 is 5.74. The van der Waals surface area contributed by atoms with Crippen molar-refractivity contribution in [3.63, 3.8) is 0 Å². The zero-order valence-electron chi connectivity index (χ0n) is 10.0. The van der Waals surface area contributed by atoms with Crippen LogP contribution in [0.1, 0.15) is 11.3 Å². The minimum atomic E-state index is -4.51. The molecule has 0 unspecified atom stereocenters. The van der Waals surface area contributed by atoms with Crippen LogP contribution in [0.2, 0.25) is 5.02 Å². The van der Waals surface area contributed by atoms with E-state index in [0.29, 0.717) is 10.7 Å². The Morgan fingerprint density at radius 1 is 1.20 bits per heavy atom. The van der Waals surface area contributed by atoms with Gasteiger partial charge in [-0.1, -0.05) is 11.6 Å². The molecule has 0 amide bonds. The summed E-state index contributed by atoms with van der Waals surface area (Å²) in [6, 6.07) is 7.22. The molecule has 0 aliphatic heterocycles. The first-order chi connectivity index (χ1) is 9.43. The summed E-state index contributed by atoms with van der Waals surface area (Å²) < 4.78 is 44.5. The standard InChI is InChI=1S/C13H9ClF3NO2/c14-9-1-3-10(4-2-9)18-6-5-11(13(15,16)17)12(18)7-20-8-19/h1-6,8H,7H2. The summed E-state index contributed by atoms with van der Waals surface area (Å²) in [7, 11) is 0. The first-order valence-corrected chi connectivity index (χ1v) is 5.90. The molecule has 1 heterocycles. The van der Waals surface area contributed by atoms with Crippen LogP contribution in [0.4, 0.5) is 13.2 Å². The fraction of sp³-hybridized carbons (Fsp3) is 0.154. The quantitative estimate of drug-likeness (QED) is 0.804. The molecular weight excluding hydrogens is 295 g/mol. The molecule has 1 aromatic carbocycles. The predicted molar refractivity (Wildman–Crippen MR) is 66.6 cm³/mol. The highest BCUT2D eigenvalue weighted by Crippen LogP contribution is 2.34. The Labute approximate surface area is 117 Å². The van der Waals surface area contributed by atoms with Gasteiger partial charge in [0.25, 0.3) is 6.47 Å². The number of rotatable bonds is 4. The van der Waals surface area contributed by atoms with Crippen molar-refractivity contribution < 1.29 is 22.7 Å². The van der Waals surface area contributed by atoms with Crippen LogP contribution in [0, 0.1) is 0 Å². The van der Waals surface area contributed by atoms with Gasteiger partial charge in [-0.2, -0.15) is 13.2 Å². The van der Waals surface area contributed by atoms with E-state index < -0.39 is 18.3 Å². The predicted octanol–water partition coefficient (Wildman–Crippen LogP) is 3.82. The van der Waals surface area contributed by atoms with Gasteiger partial charge in [0.2, 0.25) is 0 Å². The number of carbonyl (C=O) groups excluding carboxylic acids is 1. The fourth-order valence-electron chi connectivity index (χ4n) is 1.83. The number of aromatic nitrogens is 1. The van der Waals surface area contributed by atoms with E-state index in [2.05, 4.69) is 4.74 Å². The van der Waals surface area contributed by atoms with Gasteiger partial charge in [-0.3, -0.25) is 4.79 Å². The molecule has 0 saturated carbocycles. The monoisotopic (exact) mass is 303 g/mol. The van der Waals surface area contributed by atoms with Crippen molar-refractivity contribution in [2.75, 3.05) is 0 Å². The molecule has 0 fully saturated rings. The van der Waals surface area contributed by atoms with Gasteiger partial charge in [-0.05, 0) is 30.3 Å². The van der Waals surface area contributed by atoms with Crippen LogP contribution in [0.3, 0.4) is 0 Å². The van der Waals surface area contributed by atoms with E-state index in [1.807, 2.05) is 0 Å². The van der Waals surface area contributed by atoms with Crippen molar-refractivity contribution in [3.05, 3.63) is 52.8 Å². The number of nitrogens with zero attached hydrogens (tertiary/aromatic N) is 1. The van der Waals surface area contributed by atoms with Gasteiger partial charge in [0.05, 0.1) is 11.3 Å². The Morgan fingerprint density at radius 3 is 2.40 bits per heavy atom. The lowest BCUT2D eigenvalue weighted by atomic mass is 10.2. The first-order valence-electron chi connectivity index (χ1n) is 5.52. The van der Waals surface area contributed by atoms with E-state index in [1.165, 1.54) is 10.8 Å². The SMILES string of the molecule is O=COCc1c(C(F)(F)F)ccn1-c1ccc(Cl)cc1. The van der Waals surface area contributed by atoms with Gasteiger partial charge in [0, 0.05) is 16.9 Å². The zero-order chi connectivity index (χ0) is 14.8. The summed E-state index contributed by atoms with van der Waals surface area (Å²) in [4.78, 5) is 10.2. The maximum atomic E-state index is 12.9. The number of ether oxygens (including phenoxy) is 1. The summed E-state index contributed by atoms with van der Waals surface area (Å²) in [6.07, 6.45) is -3.24. The van der Waals surface area contributed by atoms with Gasteiger partial charge in [0.15, 0.2) is 0 Å². The molecule has 0 radical (unpaired) electrons. The molecule has 106 valence electrons. The molecule has 0 aliphatic rings. The van der Waals surface area contributed by atoms with Crippen molar-refractivity contribution in [3.8, 4) is 5.69 Å². The summed E-state index contributed by atoms with van der Waals surface area (Å²) in [5.41, 5.74) is -0.490. The minimum absolute atomic E-state index is 0.110. The van der Waals surface area contributed by atoms with E-state index in [4.69, 9.17) is 11.6 Å². The van der Waals surface area contributed by atoms with E-state index in [1.54, 1.807) is 24.3 Å². The second-order valence-corrected chi connectivity index (χ2v) is 4.36. The van der Waals surface area contributed by atoms with Crippen LogP contribution in [0.5, 0.6) is 0 Å². The van der Waals surface area contributed by atoms with Crippen LogP contribution in [0.25, 0.3) is 5.69 Å². The third-order valence-electron chi connectivity index (χ3n) is 2.69. The lowest BCUT2D eigenvalue weighted by Crippen LogP contribution is -2.11. The van der Waals surface area contributed by atoms with E-state index >= 15 is 0 Å². The van der Waals surface area contributed by atoms with Crippen molar-refractivity contribution >= 4 is 18.1 Å². The van der Waals surface area contributed by atoms with Crippen molar-refractivity contribution in [1.82, 2.24) is 4.57 Å². The Morgan fingerprint density at radius 2 is 1.85 bits per heavy atom. The van der Waals surface area contributed by atoms with Crippen molar-refractivity contribution in [2.45, 2.75) is 12.8 Å². The zero-order valence-corrected chi connectivity index (χ0v) is 10.8. The van der Waals surface area contributed by atoms with Gasteiger partial charge >= 0.3 is 6.18 Å². The molecule has 2 rings (SSSR count). The van der Waals surface area contributed by atoms with Crippen molar-refractivity contribution in [1.29, 1.82) is 0 Å². The van der Waals surface area contributed by atoms with Gasteiger partial charge in [-0.25, -0.2) is 0 Å². The second-order valence-electron chi connectivity index (χ2n) is 3.93. The topological polar surface area (TPSA) is 31.2 Å². The number of hydrogen-bond donors (Lipinski definition) is 0. The molecule has 3 nitrogen and oxygen atoms in total. The number of alkyl halides is 3. The van der Waals surface area contributed by atoms with Crippen molar-refractivity contribution in [2.24, 2.45) is 0 Å². The number of halogens is 4. The van der Waals surface area contributed by atoms with Crippen LogP contribution >= 0.6 is 11.6 Å². The normalized spacial score (nSPS) is 11.4. The maximum Gasteiger partial charge on any atom is 0.418 e. The van der Waals surface area contributed by atoms with Crippen LogP contribution < -0.4 is 0 Å². The second kappa shape index (κ2) is 5.58. The lowest BCUT2D eigenvalue weighted by molar-refractivity contribution is -0.140.